The number of fused-ring (bicyclic) bond motifs is 2. The smallest absolute Gasteiger partial charge is 0.0887 e. The van der Waals surface area contributed by atoms with Crippen LogP contribution in [0.25, 0.3) is 0 Å². The molecule has 1 heterocycles. The first-order chi connectivity index (χ1) is 8.90. The van der Waals surface area contributed by atoms with E-state index in [9.17, 15) is 5.11 Å². The topological polar surface area (TPSA) is 29.5 Å². The summed E-state index contributed by atoms with van der Waals surface area (Å²) in [5.41, 5.74) is 0.502. The maximum absolute atomic E-state index is 10.7. The van der Waals surface area contributed by atoms with Gasteiger partial charge in [0.15, 0.2) is 0 Å². The predicted molar refractivity (Wildman–Crippen MR) is 75.8 cm³/mol. The lowest BCUT2D eigenvalue weighted by Gasteiger charge is -2.55. The highest BCUT2D eigenvalue weighted by atomic mass is 16.5. The van der Waals surface area contributed by atoms with Crippen LogP contribution in [0.4, 0.5) is 0 Å². The second kappa shape index (κ2) is 4.32. The molecule has 2 heteroatoms. The molecule has 2 fully saturated rings. The molecule has 2 aliphatic rings. The Morgan fingerprint density at radius 2 is 1.84 bits per heavy atom. The summed E-state index contributed by atoms with van der Waals surface area (Å²) >= 11 is 0. The van der Waals surface area contributed by atoms with Gasteiger partial charge >= 0.3 is 0 Å². The highest BCUT2D eigenvalue weighted by molar-refractivity contribution is 5.21. The quantitative estimate of drug-likeness (QED) is 0.834. The van der Waals surface area contributed by atoms with Gasteiger partial charge in [0, 0.05) is 5.92 Å². The van der Waals surface area contributed by atoms with Gasteiger partial charge in [0.05, 0.1) is 17.3 Å². The zero-order valence-corrected chi connectivity index (χ0v) is 12.1. The van der Waals surface area contributed by atoms with Crippen molar-refractivity contribution >= 4 is 0 Å². The molecule has 2 bridgehead atoms. The minimum atomic E-state index is -0.604. The van der Waals surface area contributed by atoms with Crippen LogP contribution in [-0.4, -0.2) is 16.3 Å². The van der Waals surface area contributed by atoms with Gasteiger partial charge in [-0.3, -0.25) is 0 Å². The molecule has 0 radical (unpaired) electrons. The average Bonchev–Trinajstić information content (AvgIpc) is 2.36. The van der Waals surface area contributed by atoms with Gasteiger partial charge in [-0.1, -0.05) is 30.3 Å². The largest absolute Gasteiger partial charge is 0.390 e. The van der Waals surface area contributed by atoms with Gasteiger partial charge in [-0.05, 0) is 51.5 Å². The zero-order valence-electron chi connectivity index (χ0n) is 12.1. The monoisotopic (exact) mass is 260 g/mol. The van der Waals surface area contributed by atoms with Crippen molar-refractivity contribution in [3.05, 3.63) is 35.9 Å². The predicted octanol–water partition coefficient (Wildman–Crippen LogP) is 3.70. The maximum Gasteiger partial charge on any atom is 0.0887 e. The van der Waals surface area contributed by atoms with E-state index in [1.165, 1.54) is 5.56 Å². The van der Waals surface area contributed by atoms with Gasteiger partial charge in [-0.25, -0.2) is 0 Å². The summed E-state index contributed by atoms with van der Waals surface area (Å²) in [6, 6.07) is 10.4. The van der Waals surface area contributed by atoms with E-state index in [4.69, 9.17) is 4.74 Å². The summed E-state index contributed by atoms with van der Waals surface area (Å²) in [5.74, 6) is 0.777. The molecule has 1 aliphatic heterocycles. The molecule has 0 aromatic heterocycles. The lowest BCUT2D eigenvalue weighted by Crippen LogP contribution is -2.54. The number of aliphatic hydroxyl groups is 1. The molecule has 1 aromatic carbocycles. The average molecular weight is 260 g/mol. The van der Waals surface area contributed by atoms with Crippen molar-refractivity contribution in [2.45, 2.75) is 57.3 Å². The Labute approximate surface area is 115 Å². The molecule has 1 saturated heterocycles. The number of benzene rings is 1. The van der Waals surface area contributed by atoms with E-state index in [-0.39, 0.29) is 17.6 Å². The van der Waals surface area contributed by atoms with Crippen LogP contribution < -0.4 is 0 Å². The van der Waals surface area contributed by atoms with Gasteiger partial charge < -0.3 is 9.84 Å². The third kappa shape index (κ3) is 2.21. The molecule has 19 heavy (non-hydrogen) atoms. The first kappa shape index (κ1) is 13.1. The highest BCUT2D eigenvalue weighted by Crippen LogP contribution is 2.54. The summed E-state index contributed by atoms with van der Waals surface area (Å²) in [7, 11) is 0. The molecule has 1 aliphatic carbocycles. The van der Waals surface area contributed by atoms with Crippen LogP contribution in [0.15, 0.2) is 30.3 Å². The first-order valence-corrected chi connectivity index (χ1v) is 7.35. The second-order valence-electron chi connectivity index (χ2n) is 6.99. The lowest BCUT2D eigenvalue weighted by atomic mass is 9.62. The Hall–Kier alpha value is -0.860. The number of rotatable bonds is 1. The fourth-order valence-corrected chi connectivity index (χ4v) is 3.86. The van der Waals surface area contributed by atoms with E-state index in [1.54, 1.807) is 0 Å². The van der Waals surface area contributed by atoms with Crippen molar-refractivity contribution in [2.75, 3.05) is 0 Å². The van der Waals surface area contributed by atoms with Gasteiger partial charge in [-0.2, -0.15) is 0 Å². The van der Waals surface area contributed by atoms with Crippen molar-refractivity contribution < 1.29 is 9.84 Å². The second-order valence-corrected chi connectivity index (χ2v) is 6.99. The summed E-state index contributed by atoms with van der Waals surface area (Å²) in [6.07, 6.45) is 3.04. The van der Waals surface area contributed by atoms with E-state index in [0.717, 1.165) is 19.3 Å². The third-order valence-corrected chi connectivity index (χ3v) is 5.24. The number of ether oxygens (including phenoxy) is 1. The Kier molecular flexibility index (Phi) is 2.99. The minimum absolute atomic E-state index is 0.0164. The molecule has 0 spiro atoms. The van der Waals surface area contributed by atoms with Crippen molar-refractivity contribution in [3.63, 3.8) is 0 Å². The molecule has 0 unspecified atom stereocenters. The molecular formula is C17H24O2. The molecule has 2 nitrogen and oxygen atoms in total. The molecule has 104 valence electrons. The van der Waals surface area contributed by atoms with E-state index in [0.29, 0.717) is 5.92 Å². The maximum atomic E-state index is 10.7. The summed E-state index contributed by atoms with van der Waals surface area (Å²) < 4.78 is 6.40. The van der Waals surface area contributed by atoms with Crippen LogP contribution in [0.2, 0.25) is 0 Å². The van der Waals surface area contributed by atoms with Gasteiger partial charge in [-0.15, -0.1) is 0 Å². The van der Waals surface area contributed by atoms with Crippen molar-refractivity contribution in [3.8, 4) is 0 Å². The Bertz CT molecular complexity index is 448. The number of hydrogen-bond acceptors (Lipinski definition) is 2. The van der Waals surface area contributed by atoms with Gasteiger partial charge in [0.1, 0.15) is 0 Å². The summed E-state index contributed by atoms with van der Waals surface area (Å²) in [6.45, 7) is 6.37. The molecule has 3 rings (SSSR count). The SMILES string of the molecule is CC1(C)O[C@H](c2ccccc2)[C@@H]2C[C@@H]1CC[C@@]2(C)O. The number of hydrogen-bond donors (Lipinski definition) is 1. The van der Waals surface area contributed by atoms with Crippen LogP contribution in [0.3, 0.4) is 0 Å². The Morgan fingerprint density at radius 1 is 1.16 bits per heavy atom. The highest BCUT2D eigenvalue weighted by Gasteiger charge is 2.52. The standard InChI is InChI=1S/C17H24O2/c1-16(2)13-9-10-17(3,18)14(11-13)15(19-16)12-7-5-4-6-8-12/h4-8,13-15,18H,9-11H2,1-3H3/t13-,14-,15+,17+/m0/s1. The molecule has 1 N–H and O–H groups in total. The van der Waals surface area contributed by atoms with Crippen LogP contribution in [-0.2, 0) is 4.74 Å². The minimum Gasteiger partial charge on any atom is -0.390 e. The molecule has 4 atom stereocenters. The van der Waals surface area contributed by atoms with E-state index in [1.807, 2.05) is 13.0 Å². The van der Waals surface area contributed by atoms with Crippen molar-refractivity contribution in [1.82, 2.24) is 0 Å². The third-order valence-electron chi connectivity index (χ3n) is 5.24. The normalized spacial score (nSPS) is 40.9. The van der Waals surface area contributed by atoms with E-state index in [2.05, 4.69) is 38.1 Å². The zero-order chi connectivity index (χ0) is 13.7. The molecular weight excluding hydrogens is 236 g/mol. The van der Waals surface area contributed by atoms with E-state index >= 15 is 0 Å². The lowest BCUT2D eigenvalue weighted by molar-refractivity contribution is -0.232. The molecule has 1 aromatic rings. The van der Waals surface area contributed by atoms with E-state index < -0.39 is 5.60 Å². The molecule has 1 saturated carbocycles. The van der Waals surface area contributed by atoms with Gasteiger partial charge in [0.25, 0.3) is 0 Å². The molecule has 0 amide bonds. The van der Waals surface area contributed by atoms with Crippen LogP contribution in [0.5, 0.6) is 0 Å². The van der Waals surface area contributed by atoms with Crippen LogP contribution in [0, 0.1) is 11.8 Å². The van der Waals surface area contributed by atoms with Crippen molar-refractivity contribution in [1.29, 1.82) is 0 Å². The van der Waals surface area contributed by atoms with Gasteiger partial charge in [0.2, 0.25) is 0 Å². The Balaban J connectivity index is 1.98. The Morgan fingerprint density at radius 3 is 2.53 bits per heavy atom. The first-order valence-electron chi connectivity index (χ1n) is 7.35. The van der Waals surface area contributed by atoms with Crippen LogP contribution >= 0.6 is 0 Å². The fourth-order valence-electron chi connectivity index (χ4n) is 3.86. The fraction of sp³-hybridized carbons (Fsp3) is 0.647. The summed E-state index contributed by atoms with van der Waals surface area (Å²) in [4.78, 5) is 0. The summed E-state index contributed by atoms with van der Waals surface area (Å²) in [5, 5.41) is 10.7. The van der Waals surface area contributed by atoms with Crippen LogP contribution in [0.1, 0.15) is 51.7 Å². The van der Waals surface area contributed by atoms with Crippen molar-refractivity contribution in [2.24, 2.45) is 11.8 Å².